The van der Waals surface area contributed by atoms with Crippen LogP contribution >= 0.6 is 0 Å². The molecule has 0 atom stereocenters. The SMILES string of the molecule is CC(C)c1cc(-c2ccccc2)c(N2c3cc(-n4c5ccccc5c5ccccc54)ccc3B3c4ccc(-n5c6ccccc6c6ccccc65)cc4N(c4c(-c5ccccc5)cc(C(C)C)cc4-c4cccc(-c5cccc(-c6ccccc6)c5)c4)c4cc(C(C)C)cc2c43)c(-c2cccc(-c3cccc(-c4ccccc4)c3)c2)c1. The highest BCUT2D eigenvalue weighted by Gasteiger charge is 2.46. The molecule has 0 saturated carbocycles. The highest BCUT2D eigenvalue weighted by Crippen LogP contribution is 2.56. The lowest BCUT2D eigenvalue weighted by Crippen LogP contribution is -2.61. The second-order valence-electron chi connectivity index (χ2n) is 32.5. The van der Waals surface area contributed by atoms with Gasteiger partial charge in [0.25, 0.3) is 6.71 Å². The molecule has 552 valence electrons. The highest BCUT2D eigenvalue weighted by atomic mass is 15.2. The number of nitrogens with zero attached hydrogens (tertiary/aromatic N) is 4. The van der Waals surface area contributed by atoms with E-state index in [0.29, 0.717) is 0 Å². The van der Waals surface area contributed by atoms with Crippen molar-refractivity contribution in [3.05, 3.63) is 405 Å². The number of hydrogen-bond donors (Lipinski definition) is 0. The van der Waals surface area contributed by atoms with E-state index in [-0.39, 0.29) is 24.5 Å². The number of para-hydroxylation sites is 4. The van der Waals surface area contributed by atoms with E-state index >= 15 is 0 Å². The van der Waals surface area contributed by atoms with Gasteiger partial charge in [-0.15, -0.1) is 0 Å². The zero-order chi connectivity index (χ0) is 77.8. The van der Waals surface area contributed by atoms with Crippen molar-refractivity contribution in [3.8, 4) is 100 Å². The van der Waals surface area contributed by atoms with Crippen LogP contribution in [0.1, 0.15) is 76.0 Å². The van der Waals surface area contributed by atoms with Crippen LogP contribution in [-0.4, -0.2) is 15.8 Å². The highest BCUT2D eigenvalue weighted by molar-refractivity contribution is 7.00. The molecule has 5 heteroatoms. The first kappa shape index (κ1) is 69.9. The topological polar surface area (TPSA) is 16.3 Å². The molecular weight excluding hydrogens is 1400 g/mol. The maximum atomic E-state index is 2.75. The van der Waals surface area contributed by atoms with Crippen molar-refractivity contribution in [2.45, 2.75) is 59.3 Å². The van der Waals surface area contributed by atoms with Crippen LogP contribution in [0.4, 0.5) is 34.1 Å². The molecule has 0 N–H and O–H groups in total. The normalized spacial score (nSPS) is 12.4. The van der Waals surface area contributed by atoms with Crippen molar-refractivity contribution in [2.75, 3.05) is 9.80 Å². The summed E-state index contributed by atoms with van der Waals surface area (Å²) in [6.07, 6.45) is 0. The standard InChI is InChI=1S/C111H85BN4/c1-71(2)86-63-95(76-35-15-9-16-36-76)110(97(65-86)84-45-29-43-82(61-84)80-41-27-39-78(59-80)74-31-11-7-12-32-74)115-105-69-89(113-101-51-23-19-47-91(101)92-48-20-24-52-102(92)113)55-57-99(105)112-100-58-56-90(114-103-53-25-21-49-93(103)94-50-22-26-54-104(94)114)70-106(100)116(108-68-88(73(5)6)67-107(115)109(108)112)111-96(77-37-17-10-18-38-77)64-87(72(3)4)66-98(111)85-46-30-44-83(62-85)81-42-28-40-79(60-81)75-33-13-8-14-34-75/h7-73H,1-6H3. The molecule has 0 aliphatic carbocycles. The Morgan fingerprint density at radius 2 is 0.466 bits per heavy atom. The van der Waals surface area contributed by atoms with E-state index in [1.54, 1.807) is 0 Å². The summed E-state index contributed by atoms with van der Waals surface area (Å²) in [5.74, 6) is 0.482. The molecule has 4 heterocycles. The minimum atomic E-state index is -0.268. The van der Waals surface area contributed by atoms with E-state index in [4.69, 9.17) is 0 Å². The van der Waals surface area contributed by atoms with Crippen molar-refractivity contribution in [2.24, 2.45) is 0 Å². The number of anilines is 6. The molecule has 19 aromatic rings. The van der Waals surface area contributed by atoms with Crippen LogP contribution in [0, 0.1) is 0 Å². The van der Waals surface area contributed by atoms with E-state index in [2.05, 4.69) is 449 Å². The Hall–Kier alpha value is -14.0. The van der Waals surface area contributed by atoms with Gasteiger partial charge in [-0.05, 0) is 227 Å². The van der Waals surface area contributed by atoms with Gasteiger partial charge in [-0.2, -0.15) is 0 Å². The van der Waals surface area contributed by atoms with Gasteiger partial charge in [-0.25, -0.2) is 0 Å². The lowest BCUT2D eigenvalue weighted by Gasteiger charge is -2.46. The molecule has 17 aromatic carbocycles. The summed E-state index contributed by atoms with van der Waals surface area (Å²) in [5, 5.41) is 4.89. The predicted molar refractivity (Wildman–Crippen MR) is 495 cm³/mol. The minimum Gasteiger partial charge on any atom is -0.310 e. The number of aromatic nitrogens is 2. The molecule has 2 aromatic heterocycles. The van der Waals surface area contributed by atoms with Gasteiger partial charge >= 0.3 is 0 Å². The molecule has 116 heavy (non-hydrogen) atoms. The number of fused-ring (bicyclic) bond motifs is 10. The predicted octanol–water partition coefficient (Wildman–Crippen LogP) is 28.7. The zero-order valence-corrected chi connectivity index (χ0v) is 66.0. The number of hydrogen-bond acceptors (Lipinski definition) is 2. The van der Waals surface area contributed by atoms with Crippen molar-refractivity contribution < 1.29 is 0 Å². The van der Waals surface area contributed by atoms with Gasteiger partial charge in [0, 0.05) is 77.9 Å². The van der Waals surface area contributed by atoms with Crippen LogP contribution in [0.2, 0.25) is 0 Å². The second kappa shape index (κ2) is 28.6. The third-order valence-electron chi connectivity index (χ3n) is 24.6. The van der Waals surface area contributed by atoms with Gasteiger partial charge in [-0.1, -0.05) is 321 Å². The van der Waals surface area contributed by atoms with Gasteiger partial charge in [0.2, 0.25) is 0 Å². The van der Waals surface area contributed by atoms with Crippen molar-refractivity contribution >= 4 is 101 Å². The summed E-state index contributed by atoms with van der Waals surface area (Å²) >= 11 is 0. The first-order valence-corrected chi connectivity index (χ1v) is 41.1. The zero-order valence-electron chi connectivity index (χ0n) is 66.0. The van der Waals surface area contributed by atoms with Crippen molar-refractivity contribution in [1.29, 1.82) is 0 Å². The Labute approximate surface area is 679 Å². The van der Waals surface area contributed by atoms with Gasteiger partial charge in [0.1, 0.15) is 0 Å². The minimum absolute atomic E-state index is 0.0915. The Balaban J connectivity index is 0.905. The molecule has 2 aliphatic rings. The molecule has 0 saturated heterocycles. The van der Waals surface area contributed by atoms with Gasteiger partial charge in [-0.3, -0.25) is 0 Å². The molecule has 0 spiro atoms. The van der Waals surface area contributed by atoms with Crippen molar-refractivity contribution in [1.82, 2.24) is 9.13 Å². The summed E-state index contributed by atoms with van der Waals surface area (Å²) in [4.78, 5) is 5.50. The third-order valence-corrected chi connectivity index (χ3v) is 24.6. The molecule has 2 aliphatic heterocycles. The summed E-state index contributed by atoms with van der Waals surface area (Å²) in [5.41, 5.74) is 39.7. The smallest absolute Gasteiger partial charge is 0.252 e. The van der Waals surface area contributed by atoms with Crippen LogP contribution < -0.4 is 26.2 Å². The molecule has 21 rings (SSSR count). The van der Waals surface area contributed by atoms with Gasteiger partial charge in [0.15, 0.2) is 0 Å². The van der Waals surface area contributed by atoms with Crippen LogP contribution in [0.5, 0.6) is 0 Å². The lowest BCUT2D eigenvalue weighted by molar-refractivity contribution is 0.865. The monoisotopic (exact) mass is 1480 g/mol. The molecule has 0 amide bonds. The van der Waals surface area contributed by atoms with Crippen LogP contribution in [0.25, 0.3) is 144 Å². The van der Waals surface area contributed by atoms with Crippen LogP contribution in [0.15, 0.2) is 388 Å². The van der Waals surface area contributed by atoms with E-state index < -0.39 is 0 Å². The molecular formula is C111H85BN4. The number of benzene rings is 17. The maximum absolute atomic E-state index is 2.75. The molecule has 0 radical (unpaired) electrons. The van der Waals surface area contributed by atoms with Crippen LogP contribution in [0.3, 0.4) is 0 Å². The Bertz CT molecular complexity index is 6540. The quantitative estimate of drug-likeness (QED) is 0.0951. The summed E-state index contributed by atoms with van der Waals surface area (Å²) in [7, 11) is 0. The van der Waals surface area contributed by atoms with Gasteiger partial charge in [0.05, 0.1) is 33.4 Å². The van der Waals surface area contributed by atoms with E-state index in [1.165, 1.54) is 88.0 Å². The van der Waals surface area contributed by atoms with Gasteiger partial charge < -0.3 is 18.9 Å². The summed E-state index contributed by atoms with van der Waals surface area (Å²) < 4.78 is 5.03. The summed E-state index contributed by atoms with van der Waals surface area (Å²) in [6, 6.07) is 147. The number of rotatable bonds is 15. The summed E-state index contributed by atoms with van der Waals surface area (Å²) in [6.45, 7) is 13.9. The Morgan fingerprint density at radius 3 is 0.793 bits per heavy atom. The fraction of sp³-hybridized carbons (Fsp3) is 0.0811. The molecule has 0 unspecified atom stereocenters. The molecule has 4 nitrogen and oxygen atoms in total. The second-order valence-corrected chi connectivity index (χ2v) is 32.5. The average molecular weight is 1490 g/mol. The third kappa shape index (κ3) is 11.8. The van der Waals surface area contributed by atoms with Crippen molar-refractivity contribution in [3.63, 3.8) is 0 Å². The van der Waals surface area contributed by atoms with Crippen LogP contribution in [-0.2, 0) is 0 Å². The molecule has 0 fully saturated rings. The fourth-order valence-electron chi connectivity index (χ4n) is 18.8. The molecule has 0 bridgehead atoms. The largest absolute Gasteiger partial charge is 0.310 e. The van der Waals surface area contributed by atoms with E-state index in [1.807, 2.05) is 0 Å². The Morgan fingerprint density at radius 1 is 0.207 bits per heavy atom. The lowest BCUT2D eigenvalue weighted by atomic mass is 9.33. The Kier molecular flexibility index (Phi) is 17.2. The first-order chi connectivity index (χ1) is 57.0. The maximum Gasteiger partial charge on any atom is 0.252 e. The fourth-order valence-corrected chi connectivity index (χ4v) is 18.8. The first-order valence-electron chi connectivity index (χ1n) is 41.1. The average Bonchev–Trinajstić information content (AvgIpc) is 0.810. The van der Waals surface area contributed by atoms with E-state index in [9.17, 15) is 0 Å². The van der Waals surface area contributed by atoms with E-state index in [0.717, 1.165) is 123 Å².